The first-order chi connectivity index (χ1) is 6.27. The predicted molar refractivity (Wildman–Crippen MR) is 62.1 cm³/mol. The topological polar surface area (TPSA) is 47.6 Å². The van der Waals surface area contributed by atoms with E-state index >= 15 is 0 Å². The van der Waals surface area contributed by atoms with E-state index in [1.165, 1.54) is 0 Å². The summed E-state index contributed by atoms with van der Waals surface area (Å²) in [5.41, 5.74) is 0. The molecule has 0 aromatic rings. The SMILES string of the molecule is CC(C)C#N.CC(C)C#N.CC(Cl)Cl. The number of hydrogen-bond donors (Lipinski definition) is 0. The number of rotatable bonds is 0. The molecular weight excluding hydrogens is 219 g/mol. The zero-order valence-corrected chi connectivity index (χ0v) is 10.9. The van der Waals surface area contributed by atoms with Crippen LogP contribution in [-0.4, -0.2) is 4.84 Å². The second-order valence-corrected chi connectivity index (χ2v) is 4.62. The Labute approximate surface area is 97.4 Å². The molecule has 0 bridgehead atoms. The van der Waals surface area contributed by atoms with Crippen molar-refractivity contribution in [2.75, 3.05) is 0 Å². The van der Waals surface area contributed by atoms with Gasteiger partial charge >= 0.3 is 0 Å². The average Bonchev–Trinajstić information content (AvgIpc) is 2.04. The molecule has 2 nitrogen and oxygen atoms in total. The van der Waals surface area contributed by atoms with Gasteiger partial charge in [-0.15, -0.1) is 23.2 Å². The molecule has 0 aliphatic heterocycles. The van der Waals surface area contributed by atoms with Crippen LogP contribution in [0.3, 0.4) is 0 Å². The van der Waals surface area contributed by atoms with Gasteiger partial charge in [0.25, 0.3) is 0 Å². The van der Waals surface area contributed by atoms with Crippen molar-refractivity contribution in [1.29, 1.82) is 10.5 Å². The van der Waals surface area contributed by atoms with Crippen molar-refractivity contribution in [3.63, 3.8) is 0 Å². The van der Waals surface area contributed by atoms with Crippen LogP contribution in [0.1, 0.15) is 34.6 Å². The Kier molecular flexibility index (Phi) is 20.6. The quantitative estimate of drug-likeness (QED) is 0.594. The van der Waals surface area contributed by atoms with E-state index in [2.05, 4.69) is 0 Å². The van der Waals surface area contributed by atoms with Gasteiger partial charge in [-0.3, -0.25) is 0 Å². The molecule has 0 radical (unpaired) electrons. The Morgan fingerprint density at radius 1 is 0.786 bits per heavy atom. The summed E-state index contributed by atoms with van der Waals surface area (Å²) in [6, 6.07) is 4.06. The number of hydrogen-bond acceptors (Lipinski definition) is 2. The first kappa shape index (κ1) is 19.2. The molecule has 0 aliphatic rings. The molecule has 0 rings (SSSR count). The number of halogens is 2. The molecule has 82 valence electrons. The summed E-state index contributed by atoms with van der Waals surface area (Å²) in [4.78, 5) is -0.222. The van der Waals surface area contributed by atoms with Crippen LogP contribution in [0.5, 0.6) is 0 Å². The monoisotopic (exact) mass is 236 g/mol. The highest BCUT2D eigenvalue weighted by Crippen LogP contribution is 1.95. The van der Waals surface area contributed by atoms with Gasteiger partial charge in [-0.05, 0) is 34.6 Å². The Bertz CT molecular complexity index is 155. The van der Waals surface area contributed by atoms with Gasteiger partial charge in [0.05, 0.1) is 12.1 Å². The van der Waals surface area contributed by atoms with E-state index in [4.69, 9.17) is 33.7 Å². The van der Waals surface area contributed by atoms with Gasteiger partial charge in [-0.25, -0.2) is 0 Å². The maximum atomic E-state index is 7.89. The third kappa shape index (κ3) is 102. The summed E-state index contributed by atoms with van der Waals surface area (Å²) in [7, 11) is 0. The van der Waals surface area contributed by atoms with E-state index in [1.807, 2.05) is 39.8 Å². The van der Waals surface area contributed by atoms with E-state index in [0.29, 0.717) is 0 Å². The zero-order chi connectivity index (χ0) is 12.1. The Morgan fingerprint density at radius 2 is 0.857 bits per heavy atom. The van der Waals surface area contributed by atoms with Gasteiger partial charge in [-0.1, -0.05) is 0 Å². The van der Waals surface area contributed by atoms with Crippen LogP contribution in [0.15, 0.2) is 0 Å². The minimum Gasteiger partial charge on any atom is -0.198 e. The summed E-state index contributed by atoms with van der Waals surface area (Å²) < 4.78 is 0. The maximum Gasteiger partial charge on any atom is 0.105 e. The summed E-state index contributed by atoms with van der Waals surface area (Å²) in [6.07, 6.45) is 0. The average molecular weight is 237 g/mol. The van der Waals surface area contributed by atoms with Crippen molar-refractivity contribution in [3.05, 3.63) is 0 Å². The van der Waals surface area contributed by atoms with E-state index in [0.717, 1.165) is 0 Å². The minimum absolute atomic E-state index is 0.190. The van der Waals surface area contributed by atoms with E-state index in [-0.39, 0.29) is 16.7 Å². The van der Waals surface area contributed by atoms with Crippen LogP contribution in [0, 0.1) is 34.5 Å². The van der Waals surface area contributed by atoms with Crippen LogP contribution in [0.2, 0.25) is 0 Å². The molecule has 0 saturated heterocycles. The highest BCUT2D eigenvalue weighted by Gasteiger charge is 1.79. The second-order valence-electron chi connectivity index (χ2n) is 3.09. The molecule has 0 amide bonds. The molecule has 0 fully saturated rings. The third-order valence-electron chi connectivity index (χ3n) is 0.516. The van der Waals surface area contributed by atoms with Gasteiger partial charge in [0.1, 0.15) is 4.84 Å². The van der Waals surface area contributed by atoms with Gasteiger partial charge in [0, 0.05) is 11.8 Å². The van der Waals surface area contributed by atoms with E-state index in [1.54, 1.807) is 6.92 Å². The Hall–Kier alpha value is -0.440. The third-order valence-corrected chi connectivity index (χ3v) is 0.516. The highest BCUT2D eigenvalue weighted by atomic mass is 35.5. The van der Waals surface area contributed by atoms with E-state index < -0.39 is 0 Å². The zero-order valence-electron chi connectivity index (χ0n) is 9.38. The van der Waals surface area contributed by atoms with Crippen LogP contribution in [-0.2, 0) is 0 Å². The van der Waals surface area contributed by atoms with Crippen LogP contribution < -0.4 is 0 Å². The smallest absolute Gasteiger partial charge is 0.105 e. The summed E-state index contributed by atoms with van der Waals surface area (Å²) >= 11 is 10.1. The van der Waals surface area contributed by atoms with Crippen LogP contribution in [0.25, 0.3) is 0 Å². The lowest BCUT2D eigenvalue weighted by Crippen LogP contribution is -1.72. The van der Waals surface area contributed by atoms with Crippen molar-refractivity contribution in [3.8, 4) is 12.1 Å². The first-order valence-corrected chi connectivity index (χ1v) is 5.22. The van der Waals surface area contributed by atoms with Crippen molar-refractivity contribution in [2.24, 2.45) is 11.8 Å². The lowest BCUT2D eigenvalue weighted by atomic mass is 10.3. The number of alkyl halides is 2. The molecule has 0 saturated carbocycles. The molecule has 0 aliphatic carbocycles. The molecule has 0 atom stereocenters. The Morgan fingerprint density at radius 3 is 0.857 bits per heavy atom. The van der Waals surface area contributed by atoms with Crippen molar-refractivity contribution >= 4 is 23.2 Å². The standard InChI is InChI=1S/2C4H7N.C2H4Cl2/c2*1-4(2)3-5;1-2(3)4/h2*4H,1-2H3;2H,1H3. The molecule has 0 N–H and O–H groups in total. The lowest BCUT2D eigenvalue weighted by Gasteiger charge is -1.75. The molecule has 0 aromatic heterocycles. The summed E-state index contributed by atoms with van der Waals surface area (Å²) in [5, 5.41) is 15.8. The Balaban J connectivity index is -0.000000131. The summed E-state index contributed by atoms with van der Waals surface area (Å²) in [6.45, 7) is 9.14. The molecule has 14 heavy (non-hydrogen) atoms. The van der Waals surface area contributed by atoms with E-state index in [9.17, 15) is 0 Å². The minimum atomic E-state index is -0.222. The fourth-order valence-corrected chi connectivity index (χ4v) is 0. The first-order valence-electron chi connectivity index (χ1n) is 4.35. The molecule has 0 spiro atoms. The lowest BCUT2D eigenvalue weighted by molar-refractivity contribution is 0.849. The normalized spacial score (nSPS) is 8.00. The molecule has 0 aromatic carbocycles. The number of nitriles is 2. The van der Waals surface area contributed by atoms with Crippen LogP contribution >= 0.6 is 23.2 Å². The van der Waals surface area contributed by atoms with Crippen molar-refractivity contribution in [1.82, 2.24) is 0 Å². The summed E-state index contributed by atoms with van der Waals surface area (Å²) in [5.74, 6) is 0.380. The van der Waals surface area contributed by atoms with Crippen molar-refractivity contribution < 1.29 is 0 Å². The van der Waals surface area contributed by atoms with Gasteiger partial charge in [0.2, 0.25) is 0 Å². The van der Waals surface area contributed by atoms with Gasteiger partial charge in [0.15, 0.2) is 0 Å². The molecular formula is C10H18Cl2N2. The largest absolute Gasteiger partial charge is 0.198 e. The maximum absolute atomic E-state index is 7.89. The molecule has 4 heteroatoms. The van der Waals surface area contributed by atoms with Gasteiger partial charge < -0.3 is 0 Å². The molecule has 0 heterocycles. The van der Waals surface area contributed by atoms with Crippen LogP contribution in [0.4, 0.5) is 0 Å². The fourth-order valence-electron chi connectivity index (χ4n) is 0. The second kappa shape index (κ2) is 15.1. The number of nitrogens with zero attached hydrogens (tertiary/aromatic N) is 2. The highest BCUT2D eigenvalue weighted by molar-refractivity contribution is 6.43. The fraction of sp³-hybridized carbons (Fsp3) is 0.800. The molecule has 0 unspecified atom stereocenters. The van der Waals surface area contributed by atoms with Gasteiger partial charge in [-0.2, -0.15) is 10.5 Å². The predicted octanol–water partition coefficient (Wildman–Crippen LogP) is 4.14. The van der Waals surface area contributed by atoms with Crippen molar-refractivity contribution in [2.45, 2.75) is 39.5 Å².